The SMILES string of the molecule is CC(C)(C)OC(=O)N1CCN2Cc3c(N4CCOC(C)(C)C4)nc(Cl)c(Cl)c3OC[C@H]2C1. The summed E-state index contributed by atoms with van der Waals surface area (Å²) in [5.74, 6) is 1.38. The standard InChI is InChI=1S/C22H32Cl2N4O4/c1-21(2,3)32-20(29)27-7-6-26-11-15-17(30-12-14(26)10-27)16(23)18(24)25-19(15)28-8-9-31-22(4,5)13-28/h14H,6-13H2,1-5H3/t14-/m1/s1. The Hall–Kier alpha value is -1.48. The van der Waals surface area contributed by atoms with E-state index in [0.29, 0.717) is 56.7 Å². The molecule has 1 aromatic rings. The van der Waals surface area contributed by atoms with Crippen molar-refractivity contribution in [2.24, 2.45) is 0 Å². The van der Waals surface area contributed by atoms with E-state index in [0.717, 1.165) is 17.9 Å². The largest absolute Gasteiger partial charge is 0.490 e. The molecule has 4 rings (SSSR count). The van der Waals surface area contributed by atoms with Gasteiger partial charge >= 0.3 is 6.09 Å². The number of ether oxygens (including phenoxy) is 3. The average Bonchev–Trinajstić information content (AvgIpc) is 2.88. The number of halogens is 2. The van der Waals surface area contributed by atoms with Crippen molar-refractivity contribution in [3.05, 3.63) is 15.7 Å². The number of hydrogen-bond donors (Lipinski definition) is 0. The molecule has 0 saturated carbocycles. The number of amides is 1. The zero-order valence-corrected chi connectivity index (χ0v) is 20.9. The Kier molecular flexibility index (Phi) is 6.44. The van der Waals surface area contributed by atoms with Gasteiger partial charge in [0.2, 0.25) is 0 Å². The van der Waals surface area contributed by atoms with E-state index in [2.05, 4.69) is 28.6 Å². The Labute approximate surface area is 199 Å². The number of fused-ring (bicyclic) bond motifs is 2. The molecule has 1 amide bonds. The third-order valence-corrected chi connectivity index (χ3v) is 6.61. The first kappa shape index (κ1) is 23.7. The summed E-state index contributed by atoms with van der Waals surface area (Å²) in [6, 6.07) is 0.0208. The predicted octanol–water partition coefficient (Wildman–Crippen LogP) is 3.82. The first-order valence-corrected chi connectivity index (χ1v) is 11.8. The van der Waals surface area contributed by atoms with E-state index in [1.165, 1.54) is 0 Å². The second-order valence-electron chi connectivity index (χ2n) is 10.2. The lowest BCUT2D eigenvalue weighted by molar-refractivity contribution is -0.0280. The number of nitrogens with zero attached hydrogens (tertiary/aromatic N) is 4. The molecular weight excluding hydrogens is 455 g/mol. The van der Waals surface area contributed by atoms with Gasteiger partial charge in [0, 0.05) is 39.3 Å². The molecule has 178 valence electrons. The molecule has 8 nitrogen and oxygen atoms in total. The van der Waals surface area contributed by atoms with E-state index in [9.17, 15) is 4.79 Å². The lowest BCUT2D eigenvalue weighted by Crippen LogP contribution is -2.56. The molecule has 1 atom stereocenters. The highest BCUT2D eigenvalue weighted by atomic mass is 35.5. The Morgan fingerprint density at radius 3 is 2.66 bits per heavy atom. The van der Waals surface area contributed by atoms with Crippen LogP contribution in [0.25, 0.3) is 0 Å². The lowest BCUT2D eigenvalue weighted by Gasteiger charge is -2.41. The molecule has 0 aliphatic carbocycles. The van der Waals surface area contributed by atoms with Gasteiger partial charge in [-0.25, -0.2) is 9.78 Å². The Bertz CT molecular complexity index is 890. The summed E-state index contributed by atoms with van der Waals surface area (Å²) in [6.07, 6.45) is -0.294. The van der Waals surface area contributed by atoms with Gasteiger partial charge in [-0.1, -0.05) is 23.2 Å². The van der Waals surface area contributed by atoms with E-state index in [4.69, 9.17) is 37.4 Å². The monoisotopic (exact) mass is 486 g/mol. The minimum Gasteiger partial charge on any atom is -0.490 e. The van der Waals surface area contributed by atoms with Crippen molar-refractivity contribution in [2.75, 3.05) is 50.8 Å². The first-order valence-electron chi connectivity index (χ1n) is 11.0. The maximum absolute atomic E-state index is 12.6. The van der Waals surface area contributed by atoms with Gasteiger partial charge < -0.3 is 24.0 Å². The number of carbonyl (C=O) groups is 1. The molecule has 2 saturated heterocycles. The smallest absolute Gasteiger partial charge is 0.410 e. The van der Waals surface area contributed by atoms with Crippen LogP contribution in [0.3, 0.4) is 0 Å². The topological polar surface area (TPSA) is 67.4 Å². The second-order valence-corrected chi connectivity index (χ2v) is 11.0. The predicted molar refractivity (Wildman–Crippen MR) is 124 cm³/mol. The molecule has 32 heavy (non-hydrogen) atoms. The molecule has 10 heteroatoms. The van der Waals surface area contributed by atoms with Crippen LogP contribution in [0.15, 0.2) is 0 Å². The zero-order chi connectivity index (χ0) is 23.3. The van der Waals surface area contributed by atoms with Crippen molar-refractivity contribution < 1.29 is 19.0 Å². The van der Waals surface area contributed by atoms with E-state index in [-0.39, 0.29) is 22.9 Å². The zero-order valence-electron chi connectivity index (χ0n) is 19.4. The highest BCUT2D eigenvalue weighted by Gasteiger charge is 2.38. The highest BCUT2D eigenvalue weighted by molar-refractivity contribution is 6.42. The van der Waals surface area contributed by atoms with E-state index < -0.39 is 5.60 Å². The quantitative estimate of drug-likeness (QED) is 0.558. The fraction of sp³-hybridized carbons (Fsp3) is 0.727. The van der Waals surface area contributed by atoms with Crippen LogP contribution in [0.5, 0.6) is 5.75 Å². The summed E-state index contributed by atoms with van der Waals surface area (Å²) in [7, 11) is 0. The number of rotatable bonds is 1. The molecule has 0 spiro atoms. The van der Waals surface area contributed by atoms with Crippen LogP contribution in [0, 0.1) is 0 Å². The third kappa shape index (κ3) is 5.03. The van der Waals surface area contributed by atoms with Crippen molar-refractivity contribution in [3.8, 4) is 5.75 Å². The van der Waals surface area contributed by atoms with Gasteiger partial charge in [-0.05, 0) is 34.6 Å². The van der Waals surface area contributed by atoms with Crippen molar-refractivity contribution in [1.29, 1.82) is 0 Å². The van der Waals surface area contributed by atoms with E-state index in [1.807, 2.05) is 20.8 Å². The molecular formula is C22H32Cl2N4O4. The van der Waals surface area contributed by atoms with Gasteiger partial charge in [-0.15, -0.1) is 0 Å². The average molecular weight is 487 g/mol. The lowest BCUT2D eigenvalue weighted by atomic mass is 10.1. The molecule has 4 heterocycles. The summed E-state index contributed by atoms with van der Waals surface area (Å²) in [5.41, 5.74) is 0.123. The van der Waals surface area contributed by atoms with Gasteiger partial charge in [0.05, 0.1) is 23.8 Å². The Balaban J connectivity index is 1.58. The van der Waals surface area contributed by atoms with Crippen molar-refractivity contribution in [3.63, 3.8) is 0 Å². The van der Waals surface area contributed by atoms with Crippen molar-refractivity contribution >= 4 is 35.1 Å². The summed E-state index contributed by atoms with van der Waals surface area (Å²) < 4.78 is 17.6. The fourth-order valence-corrected chi connectivity index (χ4v) is 4.80. The molecule has 0 aromatic carbocycles. The Morgan fingerprint density at radius 2 is 1.97 bits per heavy atom. The van der Waals surface area contributed by atoms with Crippen LogP contribution in [0.2, 0.25) is 10.2 Å². The normalized spacial score (nSPS) is 23.7. The first-order chi connectivity index (χ1) is 14.9. The summed E-state index contributed by atoms with van der Waals surface area (Å²) in [4.78, 5) is 23.5. The van der Waals surface area contributed by atoms with Crippen LogP contribution >= 0.6 is 23.2 Å². The minimum atomic E-state index is -0.527. The molecule has 2 fully saturated rings. The number of anilines is 1. The molecule has 3 aliphatic heterocycles. The fourth-order valence-electron chi connectivity index (χ4n) is 4.42. The highest BCUT2D eigenvalue weighted by Crippen LogP contribution is 2.42. The summed E-state index contributed by atoms with van der Waals surface area (Å²) in [6.45, 7) is 14.6. The third-order valence-electron chi connectivity index (χ3n) is 5.89. The minimum absolute atomic E-state index is 0.0208. The van der Waals surface area contributed by atoms with E-state index in [1.54, 1.807) is 4.90 Å². The summed E-state index contributed by atoms with van der Waals surface area (Å²) in [5, 5.41) is 0.571. The number of pyridine rings is 1. The molecule has 3 aliphatic rings. The number of carbonyl (C=O) groups excluding carboxylic acids is 1. The van der Waals surface area contributed by atoms with Crippen LogP contribution in [-0.4, -0.2) is 84.1 Å². The van der Waals surface area contributed by atoms with Gasteiger partial charge in [0.1, 0.15) is 28.8 Å². The van der Waals surface area contributed by atoms with Gasteiger partial charge in [-0.3, -0.25) is 4.90 Å². The number of piperazine rings is 1. The molecule has 0 radical (unpaired) electrons. The molecule has 0 bridgehead atoms. The van der Waals surface area contributed by atoms with Crippen LogP contribution < -0.4 is 9.64 Å². The molecule has 0 N–H and O–H groups in total. The van der Waals surface area contributed by atoms with Gasteiger partial charge in [0.25, 0.3) is 0 Å². The molecule has 0 unspecified atom stereocenters. The number of aromatic nitrogens is 1. The van der Waals surface area contributed by atoms with Crippen LogP contribution in [0.4, 0.5) is 10.6 Å². The van der Waals surface area contributed by atoms with Crippen LogP contribution in [-0.2, 0) is 16.0 Å². The van der Waals surface area contributed by atoms with Crippen molar-refractivity contribution in [1.82, 2.24) is 14.8 Å². The maximum atomic E-state index is 12.6. The second kappa shape index (κ2) is 8.70. The Morgan fingerprint density at radius 1 is 1.22 bits per heavy atom. The maximum Gasteiger partial charge on any atom is 0.410 e. The summed E-state index contributed by atoms with van der Waals surface area (Å²) >= 11 is 12.9. The van der Waals surface area contributed by atoms with Crippen molar-refractivity contribution in [2.45, 2.75) is 58.4 Å². The van der Waals surface area contributed by atoms with Gasteiger partial charge in [-0.2, -0.15) is 0 Å². The molecule has 1 aromatic heterocycles. The van der Waals surface area contributed by atoms with Crippen LogP contribution in [0.1, 0.15) is 40.2 Å². The van der Waals surface area contributed by atoms with E-state index >= 15 is 0 Å². The van der Waals surface area contributed by atoms with Gasteiger partial charge in [0.15, 0.2) is 5.15 Å². The number of hydrogen-bond acceptors (Lipinski definition) is 7. The number of morpholine rings is 1.